The van der Waals surface area contributed by atoms with Crippen LogP contribution < -0.4 is 0 Å². The summed E-state index contributed by atoms with van der Waals surface area (Å²) in [6.45, 7) is 7.00. The van der Waals surface area contributed by atoms with Crippen LogP contribution in [0.2, 0.25) is 0 Å². The van der Waals surface area contributed by atoms with E-state index in [0.717, 1.165) is 11.3 Å². The SMILES string of the molecule is CC(C)c1ccc(S(=O)(=O)N2CCN(Cc3cc(-c4ccco4)on3)CC2)cc1. The van der Waals surface area contributed by atoms with E-state index in [9.17, 15) is 8.42 Å². The zero-order chi connectivity index (χ0) is 20.4. The minimum Gasteiger partial charge on any atom is -0.461 e. The molecule has 7 nitrogen and oxygen atoms in total. The van der Waals surface area contributed by atoms with Crippen molar-refractivity contribution in [2.75, 3.05) is 26.2 Å². The molecule has 2 aromatic heterocycles. The van der Waals surface area contributed by atoms with Gasteiger partial charge in [-0.3, -0.25) is 4.90 Å². The van der Waals surface area contributed by atoms with Gasteiger partial charge < -0.3 is 8.94 Å². The smallest absolute Gasteiger partial charge is 0.243 e. The molecule has 0 spiro atoms. The first-order chi connectivity index (χ1) is 13.9. The van der Waals surface area contributed by atoms with Crippen LogP contribution in [-0.4, -0.2) is 49.0 Å². The molecule has 0 unspecified atom stereocenters. The Morgan fingerprint density at radius 3 is 2.38 bits per heavy atom. The highest BCUT2D eigenvalue weighted by Crippen LogP contribution is 2.23. The number of aromatic nitrogens is 1. The van der Waals surface area contributed by atoms with Crippen LogP contribution >= 0.6 is 0 Å². The predicted octanol–water partition coefficient (Wildman–Crippen LogP) is 3.56. The minimum absolute atomic E-state index is 0.356. The summed E-state index contributed by atoms with van der Waals surface area (Å²) in [4.78, 5) is 2.53. The van der Waals surface area contributed by atoms with Crippen molar-refractivity contribution in [2.45, 2.75) is 31.2 Å². The van der Waals surface area contributed by atoms with E-state index < -0.39 is 10.0 Å². The average molecular weight is 416 g/mol. The molecular weight excluding hydrogens is 390 g/mol. The largest absolute Gasteiger partial charge is 0.461 e. The topological polar surface area (TPSA) is 79.8 Å². The summed E-state index contributed by atoms with van der Waals surface area (Å²) in [5, 5.41) is 4.10. The second-order valence-corrected chi connectivity index (χ2v) is 9.50. The van der Waals surface area contributed by atoms with Crippen LogP contribution in [0.25, 0.3) is 11.5 Å². The summed E-state index contributed by atoms with van der Waals surface area (Å²) in [7, 11) is -3.47. The molecule has 0 saturated carbocycles. The number of piperazine rings is 1. The van der Waals surface area contributed by atoms with Crippen molar-refractivity contribution < 1.29 is 17.4 Å². The minimum atomic E-state index is -3.47. The van der Waals surface area contributed by atoms with Gasteiger partial charge in [-0.25, -0.2) is 8.42 Å². The molecular formula is C21H25N3O4S. The lowest BCUT2D eigenvalue weighted by molar-refractivity contribution is 0.178. The van der Waals surface area contributed by atoms with E-state index in [1.165, 1.54) is 0 Å². The molecule has 154 valence electrons. The number of hydrogen-bond acceptors (Lipinski definition) is 6. The summed E-state index contributed by atoms with van der Waals surface area (Å²) >= 11 is 0. The Morgan fingerprint density at radius 1 is 1.03 bits per heavy atom. The molecule has 1 aromatic carbocycles. The van der Waals surface area contributed by atoms with Gasteiger partial charge in [-0.15, -0.1) is 0 Å². The Kier molecular flexibility index (Phi) is 5.58. The molecule has 0 aliphatic carbocycles. The van der Waals surface area contributed by atoms with Crippen LogP contribution in [0.3, 0.4) is 0 Å². The van der Waals surface area contributed by atoms with Crippen molar-refractivity contribution in [3.8, 4) is 11.5 Å². The lowest BCUT2D eigenvalue weighted by atomic mass is 10.0. The van der Waals surface area contributed by atoms with Crippen molar-refractivity contribution >= 4 is 10.0 Å². The number of hydrogen-bond donors (Lipinski definition) is 0. The lowest BCUT2D eigenvalue weighted by Gasteiger charge is -2.33. The molecule has 0 amide bonds. The Hall–Kier alpha value is -2.42. The van der Waals surface area contributed by atoms with Gasteiger partial charge in [0.15, 0.2) is 5.76 Å². The molecule has 3 heterocycles. The first-order valence-electron chi connectivity index (χ1n) is 9.75. The van der Waals surface area contributed by atoms with Crippen molar-refractivity contribution in [2.24, 2.45) is 0 Å². The summed E-state index contributed by atoms with van der Waals surface area (Å²) < 4.78 is 38.1. The highest BCUT2D eigenvalue weighted by atomic mass is 32.2. The van der Waals surface area contributed by atoms with Gasteiger partial charge in [-0.2, -0.15) is 4.31 Å². The van der Waals surface area contributed by atoms with Crippen LogP contribution in [0.4, 0.5) is 0 Å². The average Bonchev–Trinajstić information content (AvgIpc) is 3.40. The first kappa shape index (κ1) is 19.9. The summed E-state index contributed by atoms with van der Waals surface area (Å²) in [6.07, 6.45) is 1.59. The third kappa shape index (κ3) is 4.29. The number of rotatable bonds is 6. The van der Waals surface area contributed by atoms with Gasteiger partial charge >= 0.3 is 0 Å². The summed E-state index contributed by atoms with van der Waals surface area (Å²) in [5.41, 5.74) is 1.94. The highest BCUT2D eigenvalue weighted by molar-refractivity contribution is 7.89. The first-order valence-corrected chi connectivity index (χ1v) is 11.2. The zero-order valence-electron chi connectivity index (χ0n) is 16.6. The highest BCUT2D eigenvalue weighted by Gasteiger charge is 2.29. The fourth-order valence-corrected chi connectivity index (χ4v) is 4.87. The maximum absolute atomic E-state index is 12.9. The van der Waals surface area contributed by atoms with Gasteiger partial charge in [-0.05, 0) is 35.7 Å². The fourth-order valence-electron chi connectivity index (χ4n) is 3.45. The van der Waals surface area contributed by atoms with E-state index in [1.54, 1.807) is 28.8 Å². The van der Waals surface area contributed by atoms with Crippen molar-refractivity contribution in [3.05, 3.63) is 60.0 Å². The molecule has 4 rings (SSSR count). The van der Waals surface area contributed by atoms with E-state index >= 15 is 0 Å². The van der Waals surface area contributed by atoms with Crippen LogP contribution in [0.1, 0.15) is 31.0 Å². The summed E-state index contributed by atoms with van der Waals surface area (Å²) in [5.74, 6) is 1.61. The van der Waals surface area contributed by atoms with E-state index in [4.69, 9.17) is 8.94 Å². The Bertz CT molecular complexity index is 1030. The second-order valence-electron chi connectivity index (χ2n) is 7.56. The molecule has 3 aromatic rings. The third-order valence-electron chi connectivity index (χ3n) is 5.22. The van der Waals surface area contributed by atoms with Crippen molar-refractivity contribution in [3.63, 3.8) is 0 Å². The zero-order valence-corrected chi connectivity index (χ0v) is 17.4. The van der Waals surface area contributed by atoms with Crippen molar-refractivity contribution in [1.29, 1.82) is 0 Å². The molecule has 1 aliphatic rings. The number of furan rings is 1. The number of nitrogens with zero attached hydrogens (tertiary/aromatic N) is 3. The van der Waals surface area contributed by atoms with Crippen LogP contribution in [0, 0.1) is 0 Å². The molecule has 29 heavy (non-hydrogen) atoms. The third-order valence-corrected chi connectivity index (χ3v) is 7.14. The van der Waals surface area contributed by atoms with Crippen LogP contribution in [0.5, 0.6) is 0 Å². The molecule has 1 fully saturated rings. The molecule has 0 radical (unpaired) electrons. The van der Waals surface area contributed by atoms with E-state index in [-0.39, 0.29) is 0 Å². The normalized spacial score (nSPS) is 16.5. The maximum atomic E-state index is 12.9. The van der Waals surface area contributed by atoms with E-state index in [2.05, 4.69) is 23.9 Å². The number of benzene rings is 1. The molecule has 1 aliphatic heterocycles. The van der Waals surface area contributed by atoms with Crippen LogP contribution in [-0.2, 0) is 16.6 Å². The molecule has 0 atom stereocenters. The molecule has 0 N–H and O–H groups in total. The molecule has 1 saturated heterocycles. The lowest BCUT2D eigenvalue weighted by Crippen LogP contribution is -2.48. The Morgan fingerprint density at radius 2 is 1.76 bits per heavy atom. The Balaban J connectivity index is 1.36. The van der Waals surface area contributed by atoms with Crippen molar-refractivity contribution in [1.82, 2.24) is 14.4 Å². The van der Waals surface area contributed by atoms with Crippen LogP contribution in [0.15, 0.2) is 62.6 Å². The summed E-state index contributed by atoms with van der Waals surface area (Å²) in [6, 6.07) is 12.7. The van der Waals surface area contributed by atoms with Gasteiger partial charge in [0.05, 0.1) is 16.9 Å². The standard InChI is InChI=1S/C21H25N3O4S/c1-16(2)17-5-7-19(8-6-17)29(25,26)24-11-9-23(10-12-24)15-18-14-21(28-22-18)20-4-3-13-27-20/h3-8,13-14,16H,9-12,15H2,1-2H3. The van der Waals surface area contributed by atoms with E-state index in [0.29, 0.717) is 55.1 Å². The second kappa shape index (κ2) is 8.14. The van der Waals surface area contributed by atoms with Gasteiger partial charge in [0.1, 0.15) is 0 Å². The van der Waals surface area contributed by atoms with Gasteiger partial charge in [0, 0.05) is 38.8 Å². The Labute approximate surface area is 170 Å². The van der Waals surface area contributed by atoms with Gasteiger partial charge in [-0.1, -0.05) is 31.1 Å². The fraction of sp³-hybridized carbons (Fsp3) is 0.381. The molecule has 8 heteroatoms. The number of sulfonamides is 1. The molecule has 0 bridgehead atoms. The van der Waals surface area contributed by atoms with E-state index in [1.807, 2.05) is 24.3 Å². The quantitative estimate of drug-likeness (QED) is 0.612. The van der Waals surface area contributed by atoms with Gasteiger partial charge in [0.2, 0.25) is 15.8 Å². The predicted molar refractivity (Wildman–Crippen MR) is 109 cm³/mol. The monoisotopic (exact) mass is 415 g/mol. The van der Waals surface area contributed by atoms with Gasteiger partial charge in [0.25, 0.3) is 0 Å². The maximum Gasteiger partial charge on any atom is 0.243 e.